The second kappa shape index (κ2) is 7.79. The Balaban J connectivity index is 1.72. The summed E-state index contributed by atoms with van der Waals surface area (Å²) < 4.78 is 11.9. The molecule has 4 aromatic rings. The fourth-order valence-corrected chi connectivity index (χ4v) is 4.22. The van der Waals surface area contributed by atoms with Gasteiger partial charge in [0.05, 0.1) is 47.4 Å². The van der Waals surface area contributed by atoms with E-state index in [0.29, 0.717) is 45.7 Å². The molecule has 8 nitrogen and oxygen atoms in total. The maximum Gasteiger partial charge on any atom is 0.422 e. The molecule has 5 rings (SSSR count). The number of nitrogens with zero attached hydrogens (tertiary/aromatic N) is 4. The molecule has 0 N–H and O–H groups in total. The van der Waals surface area contributed by atoms with E-state index in [1.54, 1.807) is 42.6 Å². The van der Waals surface area contributed by atoms with Gasteiger partial charge in [-0.25, -0.2) is 14.6 Å². The minimum absolute atomic E-state index is 0.334. The maximum absolute atomic E-state index is 12.7. The number of hydrogen-bond acceptors (Lipinski definition) is 7. The van der Waals surface area contributed by atoms with Crippen LogP contribution in [-0.4, -0.2) is 40.8 Å². The van der Waals surface area contributed by atoms with Crippen molar-refractivity contribution in [2.45, 2.75) is 13.0 Å². The first-order valence-electron chi connectivity index (χ1n) is 9.96. The van der Waals surface area contributed by atoms with Crippen molar-refractivity contribution in [3.63, 3.8) is 0 Å². The monoisotopic (exact) mass is 438 g/mol. The van der Waals surface area contributed by atoms with Crippen molar-refractivity contribution in [1.29, 1.82) is 0 Å². The fraction of sp³-hybridized carbons (Fsp3) is 0.273. The van der Waals surface area contributed by atoms with E-state index in [2.05, 4.69) is 9.88 Å². The SMILES string of the molecule is CC(c1cc(Cl)cc2ncc(N3CCOCC3)nc12)n1c(=O)oc(=O)c2ccccc21. The average Bonchev–Trinajstić information content (AvgIpc) is 2.78. The highest BCUT2D eigenvalue weighted by Gasteiger charge is 2.21. The molecule has 1 fully saturated rings. The van der Waals surface area contributed by atoms with Crippen LogP contribution in [-0.2, 0) is 4.74 Å². The van der Waals surface area contributed by atoms with Crippen LogP contribution in [0.1, 0.15) is 18.5 Å². The molecule has 0 radical (unpaired) electrons. The number of hydrogen-bond donors (Lipinski definition) is 0. The van der Waals surface area contributed by atoms with Gasteiger partial charge in [-0.1, -0.05) is 23.7 Å². The molecule has 3 heterocycles. The molecule has 1 aliphatic heterocycles. The molecular weight excluding hydrogens is 420 g/mol. The van der Waals surface area contributed by atoms with E-state index in [1.165, 1.54) is 4.57 Å². The zero-order chi connectivity index (χ0) is 21.5. The maximum atomic E-state index is 12.7. The van der Waals surface area contributed by atoms with Gasteiger partial charge in [0.2, 0.25) is 0 Å². The Morgan fingerprint density at radius 2 is 1.90 bits per heavy atom. The normalized spacial score (nSPS) is 15.5. The standard InChI is InChI=1S/C22H19ClN4O4/c1-13(27-18-5-3-2-4-15(18)21(28)31-22(27)29)16-10-14(23)11-17-20(16)25-19(12-24-17)26-6-8-30-9-7-26/h2-5,10-13H,6-9H2,1H3. The summed E-state index contributed by atoms with van der Waals surface area (Å²) in [5, 5.41) is 0.817. The molecule has 31 heavy (non-hydrogen) atoms. The first-order chi connectivity index (χ1) is 15.0. The summed E-state index contributed by atoms with van der Waals surface area (Å²) >= 11 is 6.37. The zero-order valence-electron chi connectivity index (χ0n) is 16.7. The van der Waals surface area contributed by atoms with Gasteiger partial charge in [-0.3, -0.25) is 9.55 Å². The summed E-state index contributed by atoms with van der Waals surface area (Å²) in [6, 6.07) is 9.88. The number of fused-ring (bicyclic) bond motifs is 2. The second-order valence-corrected chi connectivity index (χ2v) is 7.85. The number of rotatable bonds is 3. The van der Waals surface area contributed by atoms with E-state index < -0.39 is 17.4 Å². The fourth-order valence-electron chi connectivity index (χ4n) is 4.00. The predicted molar refractivity (Wildman–Crippen MR) is 118 cm³/mol. The van der Waals surface area contributed by atoms with Crippen molar-refractivity contribution >= 4 is 39.4 Å². The number of anilines is 1. The molecule has 2 aromatic heterocycles. The molecule has 0 spiro atoms. The quantitative estimate of drug-likeness (QED) is 0.485. The molecular formula is C22H19ClN4O4. The number of para-hydroxylation sites is 1. The van der Waals surface area contributed by atoms with Crippen molar-refractivity contribution in [3.8, 4) is 0 Å². The lowest BCUT2D eigenvalue weighted by molar-refractivity contribution is 0.122. The number of ether oxygens (including phenoxy) is 1. The van der Waals surface area contributed by atoms with Gasteiger partial charge in [-0.15, -0.1) is 0 Å². The lowest BCUT2D eigenvalue weighted by Gasteiger charge is -2.28. The second-order valence-electron chi connectivity index (χ2n) is 7.41. The number of benzene rings is 2. The van der Waals surface area contributed by atoms with Crippen LogP contribution in [0.3, 0.4) is 0 Å². The van der Waals surface area contributed by atoms with Crippen LogP contribution in [0.5, 0.6) is 0 Å². The van der Waals surface area contributed by atoms with E-state index in [1.807, 2.05) is 6.92 Å². The summed E-state index contributed by atoms with van der Waals surface area (Å²) in [6.45, 7) is 4.57. The van der Waals surface area contributed by atoms with Crippen LogP contribution >= 0.6 is 11.6 Å². The van der Waals surface area contributed by atoms with Crippen LogP contribution in [0.25, 0.3) is 21.9 Å². The summed E-state index contributed by atoms with van der Waals surface area (Å²) in [5.41, 5.74) is 1.81. The molecule has 1 unspecified atom stereocenters. The Kier molecular flexibility index (Phi) is 4.95. The highest BCUT2D eigenvalue weighted by atomic mass is 35.5. The lowest BCUT2D eigenvalue weighted by atomic mass is 10.0. The van der Waals surface area contributed by atoms with Gasteiger partial charge >= 0.3 is 11.4 Å². The Hall–Kier alpha value is -3.23. The first kappa shape index (κ1) is 19.7. The molecule has 0 bridgehead atoms. The van der Waals surface area contributed by atoms with Crippen LogP contribution in [0.4, 0.5) is 5.82 Å². The van der Waals surface area contributed by atoms with E-state index in [0.717, 1.165) is 18.9 Å². The van der Waals surface area contributed by atoms with Crippen molar-refractivity contribution < 1.29 is 9.15 Å². The summed E-state index contributed by atoms with van der Waals surface area (Å²) in [5.74, 6) is 0.00462. The molecule has 1 saturated heterocycles. The molecule has 9 heteroatoms. The summed E-state index contributed by atoms with van der Waals surface area (Å²) in [7, 11) is 0. The molecule has 1 aliphatic rings. The first-order valence-corrected chi connectivity index (χ1v) is 10.3. The largest absolute Gasteiger partial charge is 0.422 e. The van der Waals surface area contributed by atoms with Crippen molar-refractivity contribution in [3.05, 3.63) is 74.2 Å². The molecule has 1 atom stereocenters. The third-order valence-corrected chi connectivity index (χ3v) is 5.78. The topological polar surface area (TPSA) is 90.5 Å². The van der Waals surface area contributed by atoms with E-state index in [-0.39, 0.29) is 0 Å². The summed E-state index contributed by atoms with van der Waals surface area (Å²) in [4.78, 5) is 36.4. The van der Waals surface area contributed by atoms with E-state index >= 15 is 0 Å². The smallest absolute Gasteiger partial charge is 0.378 e. The van der Waals surface area contributed by atoms with E-state index in [4.69, 9.17) is 25.7 Å². The third-order valence-electron chi connectivity index (χ3n) is 5.56. The van der Waals surface area contributed by atoms with Crippen molar-refractivity contribution in [1.82, 2.24) is 14.5 Å². The van der Waals surface area contributed by atoms with Crippen LogP contribution in [0, 0.1) is 0 Å². The third kappa shape index (κ3) is 3.47. The number of halogens is 1. The zero-order valence-corrected chi connectivity index (χ0v) is 17.5. The number of morpholine rings is 1. The van der Waals surface area contributed by atoms with Gasteiger partial charge in [-0.05, 0) is 31.2 Å². The van der Waals surface area contributed by atoms with Crippen molar-refractivity contribution in [2.24, 2.45) is 0 Å². The highest BCUT2D eigenvalue weighted by Crippen LogP contribution is 2.30. The van der Waals surface area contributed by atoms with E-state index in [9.17, 15) is 9.59 Å². The molecule has 158 valence electrons. The Bertz CT molecular complexity index is 1410. The van der Waals surface area contributed by atoms with Crippen LogP contribution < -0.4 is 16.3 Å². The molecule has 0 saturated carbocycles. The predicted octanol–water partition coefficient (Wildman–Crippen LogP) is 3.00. The van der Waals surface area contributed by atoms with Gasteiger partial charge < -0.3 is 14.1 Å². The van der Waals surface area contributed by atoms with Gasteiger partial charge in [-0.2, -0.15) is 0 Å². The highest BCUT2D eigenvalue weighted by molar-refractivity contribution is 6.31. The molecule has 0 amide bonds. The lowest BCUT2D eigenvalue weighted by Crippen LogP contribution is -2.36. The minimum atomic E-state index is -0.735. The van der Waals surface area contributed by atoms with Crippen LogP contribution in [0.15, 0.2) is 56.6 Å². The van der Waals surface area contributed by atoms with Gasteiger partial charge in [0.1, 0.15) is 5.82 Å². The average molecular weight is 439 g/mol. The van der Waals surface area contributed by atoms with Crippen LogP contribution in [0.2, 0.25) is 5.02 Å². The number of aromatic nitrogens is 3. The Morgan fingerprint density at radius 3 is 2.71 bits per heavy atom. The van der Waals surface area contributed by atoms with Gasteiger partial charge in [0.25, 0.3) is 0 Å². The van der Waals surface area contributed by atoms with Gasteiger partial charge in [0.15, 0.2) is 0 Å². The summed E-state index contributed by atoms with van der Waals surface area (Å²) in [6.07, 6.45) is 1.72. The minimum Gasteiger partial charge on any atom is -0.378 e. The Labute approximate surface area is 181 Å². The molecule has 0 aliphatic carbocycles. The van der Waals surface area contributed by atoms with Crippen molar-refractivity contribution in [2.75, 3.05) is 31.2 Å². The Morgan fingerprint density at radius 1 is 1.13 bits per heavy atom. The molecule has 2 aromatic carbocycles. The van der Waals surface area contributed by atoms with Gasteiger partial charge in [0, 0.05) is 23.7 Å².